The van der Waals surface area contributed by atoms with Crippen LogP contribution in [0, 0.1) is 5.92 Å². The second-order valence-electron chi connectivity index (χ2n) is 6.05. The predicted molar refractivity (Wildman–Crippen MR) is 88.4 cm³/mol. The van der Waals surface area contributed by atoms with Crippen molar-refractivity contribution in [2.24, 2.45) is 5.92 Å². The molecule has 6 heteroatoms. The molecule has 124 valence electrons. The molecule has 0 saturated carbocycles. The van der Waals surface area contributed by atoms with E-state index in [9.17, 15) is 9.59 Å². The average molecular weight is 317 g/mol. The molecule has 0 aliphatic carbocycles. The first-order valence-electron chi connectivity index (χ1n) is 8.27. The standard InChI is InChI=1S/C17H23N3O3/c21-16(13-7-11-23-12-8-13)18-14-5-1-2-6-15(14)19-17(22)20-9-3-4-10-20/h1-2,5-6,13H,3-4,7-12H2,(H,18,21)(H,19,22). The zero-order valence-corrected chi connectivity index (χ0v) is 13.2. The van der Waals surface area contributed by atoms with Crippen molar-refractivity contribution in [2.75, 3.05) is 36.9 Å². The van der Waals surface area contributed by atoms with Gasteiger partial charge in [0, 0.05) is 32.2 Å². The van der Waals surface area contributed by atoms with Gasteiger partial charge in [0.2, 0.25) is 5.91 Å². The number of likely N-dealkylation sites (tertiary alicyclic amines) is 1. The Morgan fingerprint density at radius 1 is 1.00 bits per heavy atom. The molecule has 2 aliphatic rings. The molecule has 6 nitrogen and oxygen atoms in total. The summed E-state index contributed by atoms with van der Waals surface area (Å²) in [5.74, 6) is -0.0257. The fraction of sp³-hybridized carbons (Fsp3) is 0.529. The summed E-state index contributed by atoms with van der Waals surface area (Å²) in [4.78, 5) is 26.4. The number of amides is 3. The molecule has 0 spiro atoms. The third-order valence-electron chi connectivity index (χ3n) is 4.41. The Hall–Kier alpha value is -2.08. The molecular weight excluding hydrogens is 294 g/mol. The second kappa shape index (κ2) is 7.46. The molecule has 1 aromatic carbocycles. The van der Waals surface area contributed by atoms with E-state index in [1.54, 1.807) is 4.90 Å². The highest BCUT2D eigenvalue weighted by Gasteiger charge is 2.23. The fourth-order valence-corrected chi connectivity index (χ4v) is 3.01. The van der Waals surface area contributed by atoms with E-state index in [0.717, 1.165) is 38.8 Å². The van der Waals surface area contributed by atoms with E-state index in [2.05, 4.69) is 10.6 Å². The van der Waals surface area contributed by atoms with Crippen LogP contribution in [0.25, 0.3) is 0 Å². The first-order chi connectivity index (χ1) is 11.2. The van der Waals surface area contributed by atoms with Crippen molar-refractivity contribution in [3.63, 3.8) is 0 Å². The van der Waals surface area contributed by atoms with Crippen LogP contribution in [-0.2, 0) is 9.53 Å². The topological polar surface area (TPSA) is 70.7 Å². The molecule has 2 aliphatic heterocycles. The average Bonchev–Trinajstić information content (AvgIpc) is 3.12. The number of nitrogens with one attached hydrogen (secondary N) is 2. The lowest BCUT2D eigenvalue weighted by atomic mass is 9.99. The van der Waals surface area contributed by atoms with Crippen molar-refractivity contribution in [3.8, 4) is 0 Å². The van der Waals surface area contributed by atoms with Crippen LogP contribution in [0.2, 0.25) is 0 Å². The number of rotatable bonds is 3. The van der Waals surface area contributed by atoms with Gasteiger partial charge in [-0.05, 0) is 37.8 Å². The molecule has 2 saturated heterocycles. The Bertz CT molecular complexity index is 564. The Morgan fingerprint density at radius 2 is 1.61 bits per heavy atom. The number of nitrogens with zero attached hydrogens (tertiary/aromatic N) is 1. The number of anilines is 2. The SMILES string of the molecule is O=C(Nc1ccccc1NC(=O)N1CCCC1)C1CCOCC1. The predicted octanol–water partition coefficient (Wildman–Crippen LogP) is 2.68. The zero-order valence-electron chi connectivity index (χ0n) is 13.2. The van der Waals surface area contributed by atoms with Gasteiger partial charge in [0.25, 0.3) is 0 Å². The number of benzene rings is 1. The van der Waals surface area contributed by atoms with Gasteiger partial charge in [0.1, 0.15) is 0 Å². The van der Waals surface area contributed by atoms with Crippen LogP contribution in [0.15, 0.2) is 24.3 Å². The molecule has 23 heavy (non-hydrogen) atoms. The minimum Gasteiger partial charge on any atom is -0.381 e. The first kappa shape index (κ1) is 15.8. The minimum absolute atomic E-state index is 0.00354. The molecule has 2 N–H and O–H groups in total. The third kappa shape index (κ3) is 4.01. The quantitative estimate of drug-likeness (QED) is 0.900. The van der Waals surface area contributed by atoms with Gasteiger partial charge in [-0.25, -0.2) is 4.79 Å². The van der Waals surface area contributed by atoms with Gasteiger partial charge in [0.15, 0.2) is 0 Å². The highest BCUT2D eigenvalue weighted by atomic mass is 16.5. The number of hydrogen-bond acceptors (Lipinski definition) is 3. The number of carbonyl (C=O) groups is 2. The first-order valence-corrected chi connectivity index (χ1v) is 8.27. The van der Waals surface area contributed by atoms with Crippen molar-refractivity contribution < 1.29 is 14.3 Å². The van der Waals surface area contributed by atoms with Gasteiger partial charge in [-0.2, -0.15) is 0 Å². The molecule has 0 aromatic heterocycles. The number of hydrogen-bond donors (Lipinski definition) is 2. The summed E-state index contributed by atoms with van der Waals surface area (Å²) in [6.07, 6.45) is 3.59. The van der Waals surface area contributed by atoms with Gasteiger partial charge >= 0.3 is 6.03 Å². The van der Waals surface area contributed by atoms with Crippen molar-refractivity contribution in [3.05, 3.63) is 24.3 Å². The van der Waals surface area contributed by atoms with E-state index >= 15 is 0 Å². The van der Waals surface area contributed by atoms with E-state index in [-0.39, 0.29) is 17.9 Å². The molecule has 1 aromatic rings. The molecular formula is C17H23N3O3. The maximum atomic E-state index is 12.4. The maximum absolute atomic E-state index is 12.4. The van der Waals surface area contributed by atoms with Crippen molar-refractivity contribution in [1.82, 2.24) is 4.90 Å². The zero-order chi connectivity index (χ0) is 16.1. The van der Waals surface area contributed by atoms with Crippen LogP contribution in [0.1, 0.15) is 25.7 Å². The van der Waals surface area contributed by atoms with Gasteiger partial charge in [-0.1, -0.05) is 12.1 Å². The number of ether oxygens (including phenoxy) is 1. The van der Waals surface area contributed by atoms with Gasteiger partial charge < -0.3 is 20.3 Å². The maximum Gasteiger partial charge on any atom is 0.321 e. The lowest BCUT2D eigenvalue weighted by molar-refractivity contribution is -0.122. The van der Waals surface area contributed by atoms with Crippen LogP contribution in [0.4, 0.5) is 16.2 Å². The van der Waals surface area contributed by atoms with Crippen molar-refractivity contribution >= 4 is 23.3 Å². The summed E-state index contributed by atoms with van der Waals surface area (Å²) in [5, 5.41) is 5.86. The van der Waals surface area contributed by atoms with Crippen molar-refractivity contribution in [1.29, 1.82) is 0 Å². The van der Waals surface area contributed by atoms with Gasteiger partial charge in [-0.15, -0.1) is 0 Å². The summed E-state index contributed by atoms with van der Waals surface area (Å²) in [5.41, 5.74) is 1.29. The van der Waals surface area contributed by atoms with Crippen LogP contribution in [0.3, 0.4) is 0 Å². The van der Waals surface area contributed by atoms with Crippen LogP contribution < -0.4 is 10.6 Å². The molecule has 2 heterocycles. The lowest BCUT2D eigenvalue weighted by Crippen LogP contribution is -2.33. The largest absolute Gasteiger partial charge is 0.381 e. The molecule has 3 amide bonds. The van der Waals surface area contributed by atoms with Crippen LogP contribution >= 0.6 is 0 Å². The van der Waals surface area contributed by atoms with Gasteiger partial charge in [-0.3, -0.25) is 4.79 Å². The van der Waals surface area contributed by atoms with E-state index in [1.165, 1.54) is 0 Å². The summed E-state index contributed by atoms with van der Waals surface area (Å²) in [7, 11) is 0. The van der Waals surface area contributed by atoms with E-state index < -0.39 is 0 Å². The Kier molecular flexibility index (Phi) is 5.12. The third-order valence-corrected chi connectivity index (χ3v) is 4.41. The summed E-state index contributed by atoms with van der Waals surface area (Å²) >= 11 is 0. The molecule has 0 atom stereocenters. The molecule has 3 rings (SSSR count). The highest BCUT2D eigenvalue weighted by molar-refractivity contribution is 5.99. The van der Waals surface area contributed by atoms with Crippen LogP contribution in [0.5, 0.6) is 0 Å². The van der Waals surface area contributed by atoms with Crippen molar-refractivity contribution in [2.45, 2.75) is 25.7 Å². The van der Waals surface area contributed by atoms with E-state index in [4.69, 9.17) is 4.74 Å². The number of carbonyl (C=O) groups excluding carboxylic acids is 2. The Morgan fingerprint density at radius 3 is 2.26 bits per heavy atom. The molecule has 0 radical (unpaired) electrons. The molecule has 0 bridgehead atoms. The number of urea groups is 1. The lowest BCUT2D eigenvalue weighted by Gasteiger charge is -2.22. The summed E-state index contributed by atoms with van der Waals surface area (Å²) in [6, 6.07) is 7.23. The van der Waals surface area contributed by atoms with E-state index in [1.807, 2.05) is 24.3 Å². The highest BCUT2D eigenvalue weighted by Crippen LogP contribution is 2.24. The smallest absolute Gasteiger partial charge is 0.321 e. The minimum atomic E-state index is -0.102. The second-order valence-corrected chi connectivity index (χ2v) is 6.05. The molecule has 0 unspecified atom stereocenters. The normalized spacial score (nSPS) is 18.7. The molecule has 2 fully saturated rings. The van der Waals surface area contributed by atoms with Gasteiger partial charge in [0.05, 0.1) is 11.4 Å². The number of para-hydroxylation sites is 2. The monoisotopic (exact) mass is 317 g/mol. The Labute approximate surface area is 136 Å². The summed E-state index contributed by atoms with van der Waals surface area (Å²) < 4.78 is 5.29. The fourth-order valence-electron chi connectivity index (χ4n) is 3.01. The summed E-state index contributed by atoms with van der Waals surface area (Å²) in [6.45, 7) is 2.85. The van der Waals surface area contributed by atoms with Crippen LogP contribution in [-0.4, -0.2) is 43.1 Å². The van der Waals surface area contributed by atoms with E-state index in [0.29, 0.717) is 24.6 Å². The Balaban J connectivity index is 1.65.